The van der Waals surface area contributed by atoms with Crippen molar-refractivity contribution in [2.45, 2.75) is 155 Å². The van der Waals surface area contributed by atoms with E-state index in [0.717, 1.165) is 12.8 Å². The van der Waals surface area contributed by atoms with Gasteiger partial charge < -0.3 is 9.16 Å². The van der Waals surface area contributed by atoms with Gasteiger partial charge in [0.05, 0.1) is 7.11 Å². The number of esters is 1. The van der Waals surface area contributed by atoms with Crippen molar-refractivity contribution in [2.75, 3.05) is 7.11 Å². The number of carbonyl (C=O) groups excluding carboxylic acids is 1. The second kappa shape index (κ2) is 20.5. The topological polar surface area (TPSA) is 35.5 Å². The maximum atomic E-state index is 11.9. The number of carbonyl (C=O) groups is 1. The van der Waals surface area contributed by atoms with Crippen molar-refractivity contribution in [3.05, 3.63) is 0 Å². The molecule has 0 aromatic rings. The summed E-state index contributed by atoms with van der Waals surface area (Å²) in [6.07, 6.45) is 25.2. The molecule has 4 heteroatoms. The molecule has 30 heavy (non-hydrogen) atoms. The lowest BCUT2D eigenvalue weighted by molar-refractivity contribution is -0.149. The molecule has 1 atom stereocenters. The number of unbranched alkanes of at least 4 members (excludes halogenated alkanes) is 17. The van der Waals surface area contributed by atoms with E-state index in [1.165, 1.54) is 116 Å². The molecule has 0 saturated carbocycles. The first kappa shape index (κ1) is 29.6. The van der Waals surface area contributed by atoms with Gasteiger partial charge in [-0.1, -0.05) is 122 Å². The van der Waals surface area contributed by atoms with Crippen LogP contribution in [0, 0.1) is 0 Å². The summed E-state index contributed by atoms with van der Waals surface area (Å²) in [5.74, 6) is -0.204. The molecule has 0 radical (unpaired) electrons. The number of ether oxygens (including phenoxy) is 1. The van der Waals surface area contributed by atoms with Gasteiger partial charge in [0.25, 0.3) is 0 Å². The molecule has 0 aliphatic carbocycles. The van der Waals surface area contributed by atoms with Crippen LogP contribution in [-0.2, 0) is 14.0 Å². The van der Waals surface area contributed by atoms with Crippen LogP contribution in [0.4, 0.5) is 0 Å². The van der Waals surface area contributed by atoms with E-state index in [2.05, 4.69) is 26.6 Å². The average molecular weight is 443 g/mol. The van der Waals surface area contributed by atoms with E-state index in [0.29, 0.717) is 0 Å². The first-order valence-electron chi connectivity index (χ1n) is 13.2. The second-order valence-corrected chi connectivity index (χ2v) is 14.5. The lowest BCUT2D eigenvalue weighted by Gasteiger charge is -2.24. The Morgan fingerprint density at radius 3 is 1.27 bits per heavy atom. The standard InChI is InChI=1S/C26H54O3Si/c1-6-7-8-9-10-11-12-13-14-15-16-17-18-19-20-21-22-23-24-25(26(27)28-2)29-30(3,4)5/h25H,6-24H2,1-5H3. The van der Waals surface area contributed by atoms with Crippen molar-refractivity contribution in [2.24, 2.45) is 0 Å². The molecule has 0 fully saturated rings. The number of hydrogen-bond donors (Lipinski definition) is 0. The highest BCUT2D eigenvalue weighted by atomic mass is 28.4. The molecule has 0 rings (SSSR count). The number of hydrogen-bond acceptors (Lipinski definition) is 3. The molecule has 0 spiro atoms. The molecule has 1 unspecified atom stereocenters. The predicted octanol–water partition coefficient (Wildman–Crippen LogP) is 8.81. The van der Waals surface area contributed by atoms with E-state index in [1.807, 2.05) is 0 Å². The van der Waals surface area contributed by atoms with Gasteiger partial charge in [0.2, 0.25) is 0 Å². The Labute approximate surface area is 190 Å². The van der Waals surface area contributed by atoms with E-state index in [-0.39, 0.29) is 12.1 Å². The van der Waals surface area contributed by atoms with Gasteiger partial charge in [0, 0.05) is 0 Å². The molecular weight excluding hydrogens is 388 g/mol. The molecule has 0 N–H and O–H groups in total. The zero-order valence-corrected chi connectivity index (χ0v) is 22.2. The predicted molar refractivity (Wildman–Crippen MR) is 134 cm³/mol. The normalized spacial score (nSPS) is 12.8. The van der Waals surface area contributed by atoms with Crippen molar-refractivity contribution in [3.8, 4) is 0 Å². The molecule has 0 aromatic carbocycles. The van der Waals surface area contributed by atoms with Gasteiger partial charge in [0.15, 0.2) is 8.32 Å². The largest absolute Gasteiger partial charge is 0.467 e. The van der Waals surface area contributed by atoms with Crippen molar-refractivity contribution in [1.29, 1.82) is 0 Å². The molecule has 0 aliphatic rings. The maximum Gasteiger partial charge on any atom is 0.333 e. The second-order valence-electron chi connectivity index (χ2n) is 10.0. The number of methoxy groups -OCH3 is 1. The lowest BCUT2D eigenvalue weighted by atomic mass is 10.0. The highest BCUT2D eigenvalue weighted by molar-refractivity contribution is 6.69. The van der Waals surface area contributed by atoms with E-state index in [4.69, 9.17) is 9.16 Å². The highest BCUT2D eigenvalue weighted by Gasteiger charge is 2.26. The minimum atomic E-state index is -1.71. The van der Waals surface area contributed by atoms with Crippen LogP contribution in [0.3, 0.4) is 0 Å². The van der Waals surface area contributed by atoms with Gasteiger partial charge in [-0.15, -0.1) is 0 Å². The SMILES string of the molecule is CCCCCCCCCCCCCCCCCCCCC(O[Si](C)(C)C)C(=O)OC. The molecular formula is C26H54O3Si. The lowest BCUT2D eigenvalue weighted by Crippen LogP contribution is -2.37. The minimum absolute atomic E-state index is 0.204. The van der Waals surface area contributed by atoms with Gasteiger partial charge in [-0.05, 0) is 26.1 Å². The first-order chi connectivity index (χ1) is 14.4. The Balaban J connectivity index is 3.38. The summed E-state index contributed by atoms with van der Waals surface area (Å²) in [5, 5.41) is 0. The van der Waals surface area contributed by atoms with Crippen LogP contribution >= 0.6 is 0 Å². The Morgan fingerprint density at radius 1 is 0.633 bits per heavy atom. The van der Waals surface area contributed by atoms with Gasteiger partial charge in [0.1, 0.15) is 6.10 Å². The minimum Gasteiger partial charge on any atom is -0.467 e. The van der Waals surface area contributed by atoms with Crippen LogP contribution in [0.2, 0.25) is 19.6 Å². The summed E-state index contributed by atoms with van der Waals surface area (Å²) < 4.78 is 10.9. The van der Waals surface area contributed by atoms with Crippen LogP contribution in [-0.4, -0.2) is 27.5 Å². The summed E-state index contributed by atoms with van der Waals surface area (Å²) in [7, 11) is -0.257. The summed E-state index contributed by atoms with van der Waals surface area (Å²) in [6.45, 7) is 8.66. The fourth-order valence-electron chi connectivity index (χ4n) is 4.01. The molecule has 0 amide bonds. The zero-order chi connectivity index (χ0) is 22.5. The average Bonchev–Trinajstić information content (AvgIpc) is 2.70. The van der Waals surface area contributed by atoms with Gasteiger partial charge >= 0.3 is 5.97 Å². The first-order valence-corrected chi connectivity index (χ1v) is 16.6. The molecule has 0 bridgehead atoms. The molecule has 0 heterocycles. The Morgan fingerprint density at radius 2 is 0.967 bits per heavy atom. The molecule has 0 saturated heterocycles. The Kier molecular flexibility index (Phi) is 20.3. The zero-order valence-electron chi connectivity index (χ0n) is 21.2. The van der Waals surface area contributed by atoms with Gasteiger partial charge in [-0.2, -0.15) is 0 Å². The summed E-state index contributed by atoms with van der Waals surface area (Å²) in [5.41, 5.74) is 0. The van der Waals surface area contributed by atoms with Crippen LogP contribution in [0.1, 0.15) is 129 Å². The summed E-state index contributed by atoms with van der Waals surface area (Å²) in [4.78, 5) is 11.9. The van der Waals surface area contributed by atoms with Gasteiger partial charge in [-0.3, -0.25) is 0 Å². The van der Waals surface area contributed by atoms with Crippen molar-refractivity contribution < 1.29 is 14.0 Å². The van der Waals surface area contributed by atoms with Crippen molar-refractivity contribution >= 4 is 14.3 Å². The van der Waals surface area contributed by atoms with Crippen LogP contribution < -0.4 is 0 Å². The van der Waals surface area contributed by atoms with Crippen molar-refractivity contribution in [3.63, 3.8) is 0 Å². The quantitative estimate of drug-likeness (QED) is 0.0954. The summed E-state index contributed by atoms with van der Waals surface area (Å²) >= 11 is 0. The fraction of sp³-hybridized carbons (Fsp3) is 0.962. The van der Waals surface area contributed by atoms with Crippen LogP contribution in [0.15, 0.2) is 0 Å². The highest BCUT2D eigenvalue weighted by Crippen LogP contribution is 2.17. The number of rotatable bonds is 22. The third-order valence-corrected chi connectivity index (χ3v) is 6.77. The maximum absolute atomic E-state index is 11.9. The molecule has 180 valence electrons. The van der Waals surface area contributed by atoms with Gasteiger partial charge in [-0.25, -0.2) is 4.79 Å². The van der Waals surface area contributed by atoms with Crippen LogP contribution in [0.25, 0.3) is 0 Å². The van der Waals surface area contributed by atoms with Crippen LogP contribution in [0.5, 0.6) is 0 Å². The van der Waals surface area contributed by atoms with E-state index >= 15 is 0 Å². The monoisotopic (exact) mass is 442 g/mol. The van der Waals surface area contributed by atoms with E-state index in [1.54, 1.807) is 0 Å². The Bertz CT molecular complexity index is 379. The molecule has 0 aliphatic heterocycles. The molecule has 0 aromatic heterocycles. The molecule has 3 nitrogen and oxygen atoms in total. The van der Waals surface area contributed by atoms with E-state index < -0.39 is 8.32 Å². The fourth-order valence-corrected chi connectivity index (χ4v) is 5.08. The Hall–Kier alpha value is -0.353. The smallest absolute Gasteiger partial charge is 0.333 e. The van der Waals surface area contributed by atoms with Crippen molar-refractivity contribution in [1.82, 2.24) is 0 Å². The summed E-state index contributed by atoms with van der Waals surface area (Å²) in [6, 6.07) is 0. The third kappa shape index (κ3) is 20.9. The van der Waals surface area contributed by atoms with E-state index in [9.17, 15) is 4.79 Å². The third-order valence-electron chi connectivity index (χ3n) is 5.78.